The van der Waals surface area contributed by atoms with Gasteiger partial charge in [0.05, 0.1) is 24.1 Å². The zero-order chi connectivity index (χ0) is 18.9. The van der Waals surface area contributed by atoms with Crippen molar-refractivity contribution in [3.05, 3.63) is 28.7 Å². The fraction of sp³-hybridized carbons (Fsp3) is 0.500. The predicted octanol–water partition coefficient (Wildman–Crippen LogP) is 1.42. The van der Waals surface area contributed by atoms with E-state index < -0.39 is 0 Å². The summed E-state index contributed by atoms with van der Waals surface area (Å²) >= 11 is 1.47. The lowest BCUT2D eigenvalue weighted by Crippen LogP contribution is -2.47. The Morgan fingerprint density at radius 2 is 2.14 bits per heavy atom. The average Bonchev–Trinajstić information content (AvgIpc) is 3.49. The number of carbonyl (C=O) groups is 1. The molecule has 1 atom stereocenters. The van der Waals surface area contributed by atoms with Gasteiger partial charge >= 0.3 is 0 Å². The van der Waals surface area contributed by atoms with E-state index in [2.05, 4.69) is 25.2 Å². The molecule has 3 aromatic rings. The van der Waals surface area contributed by atoms with Gasteiger partial charge < -0.3 is 14.5 Å². The van der Waals surface area contributed by atoms with Crippen molar-refractivity contribution in [2.24, 2.45) is 0 Å². The van der Waals surface area contributed by atoms with E-state index in [1.807, 2.05) is 22.4 Å². The van der Waals surface area contributed by atoms with Crippen LogP contribution in [0.4, 0.5) is 5.82 Å². The fourth-order valence-electron chi connectivity index (χ4n) is 3.83. The minimum Gasteiger partial charge on any atom is -0.373 e. The third-order valence-electron chi connectivity index (χ3n) is 5.22. The summed E-state index contributed by atoms with van der Waals surface area (Å²) in [5.74, 6) is 0.915. The van der Waals surface area contributed by atoms with Gasteiger partial charge in [-0.2, -0.15) is 0 Å². The van der Waals surface area contributed by atoms with Crippen molar-refractivity contribution in [3.8, 4) is 0 Å². The van der Waals surface area contributed by atoms with E-state index in [4.69, 9.17) is 4.74 Å². The zero-order valence-corrected chi connectivity index (χ0v) is 16.2. The zero-order valence-electron chi connectivity index (χ0n) is 15.4. The number of hydrogen-bond acceptors (Lipinski definition) is 8. The molecule has 9 nitrogen and oxygen atoms in total. The molecule has 0 bridgehead atoms. The number of aromatic nitrogens is 5. The van der Waals surface area contributed by atoms with Crippen LogP contribution >= 0.6 is 11.3 Å². The second kappa shape index (κ2) is 7.44. The molecule has 1 amide bonds. The highest BCUT2D eigenvalue weighted by Crippen LogP contribution is 2.24. The average molecular weight is 399 g/mol. The van der Waals surface area contributed by atoms with Crippen LogP contribution in [0.1, 0.15) is 22.5 Å². The highest BCUT2D eigenvalue weighted by atomic mass is 32.1. The second-order valence-corrected chi connectivity index (χ2v) is 8.00. The van der Waals surface area contributed by atoms with Gasteiger partial charge in [0.1, 0.15) is 6.33 Å². The molecule has 0 spiro atoms. The number of hydrogen-bond donors (Lipinski definition) is 0. The van der Waals surface area contributed by atoms with Crippen molar-refractivity contribution in [1.29, 1.82) is 0 Å². The fourth-order valence-corrected chi connectivity index (χ4v) is 4.52. The van der Waals surface area contributed by atoms with Crippen LogP contribution in [-0.2, 0) is 11.3 Å². The van der Waals surface area contributed by atoms with E-state index >= 15 is 0 Å². The van der Waals surface area contributed by atoms with Crippen LogP contribution in [0.25, 0.3) is 11.2 Å². The van der Waals surface area contributed by atoms with Gasteiger partial charge in [-0.05, 0) is 24.3 Å². The Labute approximate surface area is 165 Å². The third kappa shape index (κ3) is 3.22. The van der Waals surface area contributed by atoms with Crippen LogP contribution < -0.4 is 4.90 Å². The third-order valence-corrected chi connectivity index (χ3v) is 6.08. The number of carbonyl (C=O) groups excluding carboxylic acids is 1. The molecule has 2 fully saturated rings. The monoisotopic (exact) mass is 399 g/mol. The lowest BCUT2D eigenvalue weighted by Gasteiger charge is -2.32. The Morgan fingerprint density at radius 3 is 2.96 bits per heavy atom. The van der Waals surface area contributed by atoms with E-state index in [-0.39, 0.29) is 12.0 Å². The molecule has 3 aromatic heterocycles. The first kappa shape index (κ1) is 17.5. The van der Waals surface area contributed by atoms with E-state index in [0.29, 0.717) is 31.9 Å². The van der Waals surface area contributed by atoms with E-state index in [9.17, 15) is 4.79 Å². The Bertz CT molecular complexity index is 968. The summed E-state index contributed by atoms with van der Waals surface area (Å²) in [6.07, 6.45) is 3.77. The normalized spacial score (nSPS) is 20.2. The summed E-state index contributed by atoms with van der Waals surface area (Å²) in [4.78, 5) is 26.3. The molecular weight excluding hydrogens is 378 g/mol. The smallest absolute Gasteiger partial charge is 0.264 e. The maximum absolute atomic E-state index is 12.6. The number of rotatable bonds is 4. The molecule has 0 aliphatic carbocycles. The largest absolute Gasteiger partial charge is 0.373 e. The SMILES string of the molecule is O=C(c1cccs1)N1CCO[C@@H](Cn2nnc3c(N4CCCC4)ncnc32)C1. The molecule has 28 heavy (non-hydrogen) atoms. The van der Waals surface area contributed by atoms with Crippen molar-refractivity contribution in [3.63, 3.8) is 0 Å². The van der Waals surface area contributed by atoms with Gasteiger partial charge in [0, 0.05) is 26.2 Å². The molecule has 0 radical (unpaired) electrons. The van der Waals surface area contributed by atoms with Crippen molar-refractivity contribution in [2.45, 2.75) is 25.5 Å². The first-order valence-corrected chi connectivity index (χ1v) is 10.4. The van der Waals surface area contributed by atoms with Crippen LogP contribution in [0, 0.1) is 0 Å². The lowest BCUT2D eigenvalue weighted by molar-refractivity contribution is -0.0295. The number of anilines is 1. The second-order valence-electron chi connectivity index (χ2n) is 7.06. The number of nitrogens with zero attached hydrogens (tertiary/aromatic N) is 7. The first-order valence-electron chi connectivity index (χ1n) is 9.53. The molecule has 0 aromatic carbocycles. The van der Waals surface area contributed by atoms with Crippen molar-refractivity contribution >= 4 is 34.2 Å². The van der Waals surface area contributed by atoms with Crippen LogP contribution in [0.5, 0.6) is 0 Å². The Hall–Kier alpha value is -2.59. The van der Waals surface area contributed by atoms with Crippen molar-refractivity contribution in [2.75, 3.05) is 37.7 Å². The predicted molar refractivity (Wildman–Crippen MR) is 105 cm³/mol. The molecule has 0 N–H and O–H groups in total. The molecule has 2 saturated heterocycles. The quantitative estimate of drug-likeness (QED) is 0.655. The first-order chi connectivity index (χ1) is 13.8. The number of thiophene rings is 1. The summed E-state index contributed by atoms with van der Waals surface area (Å²) in [6.45, 7) is 4.13. The lowest BCUT2D eigenvalue weighted by atomic mass is 10.2. The van der Waals surface area contributed by atoms with E-state index in [0.717, 1.165) is 29.3 Å². The van der Waals surface area contributed by atoms with Crippen LogP contribution in [-0.4, -0.2) is 74.7 Å². The van der Waals surface area contributed by atoms with Crippen molar-refractivity contribution < 1.29 is 9.53 Å². The van der Waals surface area contributed by atoms with Gasteiger partial charge in [0.2, 0.25) is 0 Å². The summed E-state index contributed by atoms with van der Waals surface area (Å²) in [5, 5.41) is 10.6. The maximum Gasteiger partial charge on any atom is 0.264 e. The van der Waals surface area contributed by atoms with Gasteiger partial charge in [-0.3, -0.25) is 4.79 Å². The van der Waals surface area contributed by atoms with Gasteiger partial charge in [0.25, 0.3) is 5.91 Å². The van der Waals surface area contributed by atoms with E-state index in [1.165, 1.54) is 24.2 Å². The molecule has 2 aliphatic heterocycles. The van der Waals surface area contributed by atoms with Gasteiger partial charge in [-0.15, -0.1) is 16.4 Å². The number of fused-ring (bicyclic) bond motifs is 1. The Morgan fingerprint density at radius 1 is 1.25 bits per heavy atom. The van der Waals surface area contributed by atoms with E-state index in [1.54, 1.807) is 11.0 Å². The highest BCUT2D eigenvalue weighted by Gasteiger charge is 2.27. The minimum atomic E-state index is -0.146. The molecule has 10 heteroatoms. The van der Waals surface area contributed by atoms with Gasteiger partial charge in [-0.1, -0.05) is 11.3 Å². The summed E-state index contributed by atoms with van der Waals surface area (Å²) < 4.78 is 7.66. The van der Waals surface area contributed by atoms with Crippen LogP contribution in [0.15, 0.2) is 23.8 Å². The molecule has 2 aliphatic rings. The molecule has 5 rings (SSSR count). The number of ether oxygens (including phenoxy) is 1. The van der Waals surface area contributed by atoms with Crippen LogP contribution in [0.3, 0.4) is 0 Å². The molecule has 5 heterocycles. The van der Waals surface area contributed by atoms with Crippen molar-refractivity contribution in [1.82, 2.24) is 29.9 Å². The Balaban J connectivity index is 1.34. The van der Waals surface area contributed by atoms with Crippen LogP contribution in [0.2, 0.25) is 0 Å². The minimum absolute atomic E-state index is 0.0605. The standard InChI is InChI=1S/C18H21N7O2S/c26-18(14-4-3-9-28-14)24-7-8-27-13(10-24)11-25-17-15(21-22-25)16(19-12-20-17)23-5-1-2-6-23/h3-4,9,12-13H,1-2,5-8,10-11H2/t13-/m1/s1. The molecule has 146 valence electrons. The summed E-state index contributed by atoms with van der Waals surface area (Å²) in [6, 6.07) is 3.76. The molecule has 0 unspecified atom stereocenters. The van der Waals surface area contributed by atoms with Gasteiger partial charge in [0.15, 0.2) is 17.0 Å². The maximum atomic E-state index is 12.6. The number of morpholine rings is 1. The molecular formula is C18H21N7O2S. The summed E-state index contributed by atoms with van der Waals surface area (Å²) in [7, 11) is 0. The molecule has 0 saturated carbocycles. The Kier molecular flexibility index (Phi) is 4.65. The highest BCUT2D eigenvalue weighted by molar-refractivity contribution is 7.12. The number of amides is 1. The van der Waals surface area contributed by atoms with Gasteiger partial charge in [-0.25, -0.2) is 14.6 Å². The summed E-state index contributed by atoms with van der Waals surface area (Å²) in [5.41, 5.74) is 1.44. The topological polar surface area (TPSA) is 89.3 Å².